The third kappa shape index (κ3) is 11.2. The Bertz CT molecular complexity index is 562. The Hall–Kier alpha value is -1.15. The van der Waals surface area contributed by atoms with E-state index in [1.807, 2.05) is 52.0 Å². The number of carbonyl (C=O) groups is 2. The molecule has 1 aromatic rings. The Kier molecular flexibility index (Phi) is 11.7. The number of nitrogens with zero attached hydrogens (tertiary/aromatic N) is 1. The van der Waals surface area contributed by atoms with Gasteiger partial charge in [-0.3, -0.25) is 4.79 Å². The summed E-state index contributed by atoms with van der Waals surface area (Å²) >= 11 is 6.35. The van der Waals surface area contributed by atoms with Crippen molar-refractivity contribution in [3.8, 4) is 0 Å². The van der Waals surface area contributed by atoms with Crippen molar-refractivity contribution in [2.75, 3.05) is 5.33 Å². The van der Waals surface area contributed by atoms with Crippen LogP contribution in [0.25, 0.3) is 0 Å². The molecule has 0 saturated heterocycles. The standard InChI is InChI=1S/C17H24BrNO3.BHNS/c1-5-14(19-16(21)22-17(2,3)4)10-12-6-8-13(9-7-12)15(20)11-18;1-2-3/h6-9,14H,5,10-11H2,1-4H3,(H,19,21);3H. The third-order valence-electron chi connectivity index (χ3n) is 3.09. The maximum absolute atomic E-state index is 11.8. The van der Waals surface area contributed by atoms with E-state index < -0.39 is 11.7 Å². The predicted octanol–water partition coefficient (Wildman–Crippen LogP) is 4.29. The van der Waals surface area contributed by atoms with Crippen LogP contribution in [-0.4, -0.2) is 36.5 Å². The summed E-state index contributed by atoms with van der Waals surface area (Å²) in [5.41, 5.74) is 1.27. The second kappa shape index (κ2) is 12.2. The number of alkyl halides is 1. The van der Waals surface area contributed by atoms with Crippen molar-refractivity contribution in [1.29, 1.82) is 0 Å². The summed E-state index contributed by atoms with van der Waals surface area (Å²) in [6, 6.07) is 7.50. The van der Waals surface area contributed by atoms with E-state index in [-0.39, 0.29) is 11.8 Å². The van der Waals surface area contributed by atoms with E-state index in [1.165, 1.54) is 0 Å². The third-order valence-corrected chi connectivity index (χ3v) is 3.60. The van der Waals surface area contributed by atoms with Crippen molar-refractivity contribution >= 4 is 48.3 Å². The van der Waals surface area contributed by atoms with Crippen molar-refractivity contribution < 1.29 is 14.3 Å². The summed E-state index contributed by atoms with van der Waals surface area (Å²) in [5, 5.41) is 3.21. The Labute approximate surface area is 165 Å². The molecule has 0 bridgehead atoms. The number of nitrogens with one attached hydrogen (secondary N) is 1. The van der Waals surface area contributed by atoms with Gasteiger partial charge in [-0.15, -0.1) is 0 Å². The van der Waals surface area contributed by atoms with Gasteiger partial charge >= 0.3 is 30.8 Å². The molecule has 0 fully saturated rings. The van der Waals surface area contributed by atoms with Crippen LogP contribution in [0.1, 0.15) is 50.0 Å². The molecule has 0 saturated carbocycles. The Morgan fingerprint density at radius 2 is 1.84 bits per heavy atom. The van der Waals surface area contributed by atoms with E-state index in [9.17, 15) is 9.59 Å². The van der Waals surface area contributed by atoms with Crippen LogP contribution in [0.15, 0.2) is 28.6 Å². The van der Waals surface area contributed by atoms with Crippen molar-refractivity contribution in [2.45, 2.75) is 52.2 Å². The van der Waals surface area contributed by atoms with Gasteiger partial charge in [-0.2, -0.15) is 0 Å². The van der Waals surface area contributed by atoms with E-state index in [1.54, 1.807) is 0 Å². The fraction of sp³-hybridized carbons (Fsp3) is 0.529. The molecule has 0 spiro atoms. The normalized spacial score (nSPS) is 11.6. The topological polar surface area (TPSA) is 67.8 Å². The number of ether oxygens (including phenoxy) is 1. The summed E-state index contributed by atoms with van der Waals surface area (Å²) in [6.45, 7) is 7.54. The van der Waals surface area contributed by atoms with Crippen LogP contribution < -0.4 is 5.32 Å². The second-order valence-corrected chi connectivity index (χ2v) is 7.12. The molecule has 1 aromatic carbocycles. The number of ketones is 1. The second-order valence-electron chi connectivity index (χ2n) is 6.32. The van der Waals surface area contributed by atoms with Crippen LogP contribution in [-0.2, 0) is 11.2 Å². The van der Waals surface area contributed by atoms with Gasteiger partial charge in [-0.25, -0.2) is 4.79 Å². The van der Waals surface area contributed by atoms with Crippen LogP contribution in [0, 0.1) is 0 Å². The van der Waals surface area contributed by atoms with Crippen molar-refractivity contribution in [1.82, 2.24) is 5.32 Å². The quantitative estimate of drug-likeness (QED) is 0.308. The molecule has 1 atom stereocenters. The zero-order valence-electron chi connectivity index (χ0n) is 15.1. The number of rotatable bonds is 6. The minimum absolute atomic E-state index is 0.00702. The van der Waals surface area contributed by atoms with Crippen LogP contribution in [0.5, 0.6) is 0 Å². The number of benzene rings is 1. The first kappa shape index (κ1) is 23.9. The number of alkyl carbamates (subject to hydrolysis) is 1. The van der Waals surface area contributed by atoms with Crippen LogP contribution in [0.4, 0.5) is 4.79 Å². The van der Waals surface area contributed by atoms with Gasteiger partial charge in [-0.1, -0.05) is 47.1 Å². The summed E-state index contributed by atoms with van der Waals surface area (Å²) in [5.74, 6) is 0.0606. The summed E-state index contributed by atoms with van der Waals surface area (Å²) in [4.78, 5) is 23.4. The average Bonchev–Trinajstić information content (AvgIpc) is 2.53. The number of thiol groups is 1. The average molecular weight is 428 g/mol. The number of amides is 1. The fourth-order valence-corrected chi connectivity index (χ4v) is 2.28. The van der Waals surface area contributed by atoms with E-state index in [4.69, 9.17) is 4.74 Å². The van der Waals surface area contributed by atoms with Crippen LogP contribution in [0.3, 0.4) is 0 Å². The fourth-order valence-electron chi connectivity index (χ4n) is 1.96. The van der Waals surface area contributed by atoms with Crippen molar-refractivity contribution in [2.24, 2.45) is 4.30 Å². The molecular formula is C17H25BBrN2O3S. The van der Waals surface area contributed by atoms with Gasteiger partial charge < -0.3 is 10.1 Å². The van der Waals surface area contributed by atoms with Crippen molar-refractivity contribution in [3.05, 3.63) is 35.4 Å². The first-order valence-electron chi connectivity index (χ1n) is 7.88. The maximum atomic E-state index is 11.8. The molecule has 1 rings (SSSR count). The Morgan fingerprint density at radius 1 is 1.32 bits per heavy atom. The molecular weight excluding hydrogens is 403 g/mol. The summed E-state index contributed by atoms with van der Waals surface area (Å²) in [7, 11) is 4.34. The molecule has 25 heavy (non-hydrogen) atoms. The number of hydrogen-bond acceptors (Lipinski definition) is 5. The molecule has 0 heterocycles. The Morgan fingerprint density at radius 3 is 2.24 bits per heavy atom. The van der Waals surface area contributed by atoms with Gasteiger partial charge in [0.2, 0.25) is 0 Å². The molecule has 0 aliphatic rings. The number of Topliss-reactive ketones (excluding diaryl/α,β-unsaturated/α-hetero) is 1. The Balaban J connectivity index is 0.00000178. The molecule has 5 nitrogen and oxygen atoms in total. The van der Waals surface area contributed by atoms with Gasteiger partial charge in [0, 0.05) is 11.6 Å². The molecule has 8 heteroatoms. The van der Waals surface area contributed by atoms with Crippen molar-refractivity contribution in [3.63, 3.8) is 0 Å². The SMILES string of the molecule is CCC(Cc1ccc(C(=O)CBr)cc1)NC(=O)OC(C)(C)C.[B]=NS. The molecule has 1 amide bonds. The first-order chi connectivity index (χ1) is 11.7. The van der Waals surface area contributed by atoms with E-state index in [0.717, 1.165) is 12.0 Å². The van der Waals surface area contributed by atoms with Gasteiger partial charge in [0.1, 0.15) is 5.60 Å². The first-order valence-corrected chi connectivity index (χ1v) is 9.40. The summed E-state index contributed by atoms with van der Waals surface area (Å²) < 4.78 is 7.97. The zero-order chi connectivity index (χ0) is 19.5. The molecule has 1 unspecified atom stereocenters. The van der Waals surface area contributed by atoms with Gasteiger partial charge in [0.05, 0.1) is 5.33 Å². The monoisotopic (exact) mass is 427 g/mol. The van der Waals surface area contributed by atoms with Gasteiger partial charge in [0.25, 0.3) is 0 Å². The van der Waals surface area contributed by atoms with Gasteiger partial charge in [-0.05, 0) is 39.2 Å². The van der Waals surface area contributed by atoms with E-state index >= 15 is 0 Å². The number of halogens is 1. The van der Waals surface area contributed by atoms with E-state index in [0.29, 0.717) is 17.3 Å². The molecule has 1 radical (unpaired) electrons. The van der Waals surface area contributed by atoms with Gasteiger partial charge in [0.15, 0.2) is 5.78 Å². The van der Waals surface area contributed by atoms with Crippen LogP contribution in [0.2, 0.25) is 0 Å². The predicted molar refractivity (Wildman–Crippen MR) is 109 cm³/mol. The zero-order valence-corrected chi connectivity index (χ0v) is 17.6. The number of carbonyl (C=O) groups excluding carboxylic acids is 2. The molecule has 137 valence electrons. The molecule has 0 aromatic heterocycles. The van der Waals surface area contributed by atoms with E-state index in [2.05, 4.69) is 46.0 Å². The minimum atomic E-state index is -0.500. The number of hydrogen-bond donors (Lipinski definition) is 2. The van der Waals surface area contributed by atoms with Crippen LogP contribution >= 0.6 is 28.7 Å². The molecule has 0 aliphatic carbocycles. The molecule has 1 N–H and O–H groups in total. The summed E-state index contributed by atoms with van der Waals surface area (Å²) in [6.07, 6.45) is 1.12. The molecule has 0 aliphatic heterocycles.